The van der Waals surface area contributed by atoms with Crippen LogP contribution in [0.3, 0.4) is 0 Å². The Morgan fingerprint density at radius 1 is 1.15 bits per heavy atom. The van der Waals surface area contributed by atoms with Gasteiger partial charge in [-0.25, -0.2) is 0 Å². The molecule has 27 heavy (non-hydrogen) atoms. The van der Waals surface area contributed by atoms with Crippen LogP contribution in [0.5, 0.6) is 5.75 Å². The number of carbonyl (C=O) groups excluding carboxylic acids is 1. The van der Waals surface area contributed by atoms with E-state index in [1.165, 1.54) is 4.88 Å². The molecule has 1 aliphatic heterocycles. The molecule has 3 rings (SSSR count). The van der Waals surface area contributed by atoms with E-state index in [0.717, 1.165) is 31.9 Å². The van der Waals surface area contributed by atoms with Gasteiger partial charge in [0.1, 0.15) is 5.75 Å². The molecule has 0 spiro atoms. The van der Waals surface area contributed by atoms with Gasteiger partial charge in [-0.3, -0.25) is 9.69 Å². The molecule has 1 aromatic heterocycles. The first-order valence-corrected chi connectivity index (χ1v) is 10.3. The number of benzene rings is 1. The van der Waals surface area contributed by atoms with Crippen LogP contribution in [0.4, 0.5) is 5.69 Å². The molecule has 1 atom stereocenters. The van der Waals surface area contributed by atoms with Gasteiger partial charge in [-0.1, -0.05) is 26.8 Å². The van der Waals surface area contributed by atoms with E-state index >= 15 is 0 Å². The number of amides is 1. The number of hydrogen-bond donors (Lipinski definition) is 2. The average Bonchev–Trinajstić information content (AvgIpc) is 3.14. The molecule has 0 bridgehead atoms. The van der Waals surface area contributed by atoms with Crippen molar-refractivity contribution in [2.75, 3.05) is 37.6 Å². The van der Waals surface area contributed by atoms with Crippen molar-refractivity contribution >= 4 is 22.9 Å². The molecule has 1 unspecified atom stereocenters. The number of nitrogens with one attached hydrogen (secondary N) is 1. The molecule has 2 aromatic rings. The summed E-state index contributed by atoms with van der Waals surface area (Å²) in [4.78, 5) is 18.4. The fourth-order valence-corrected chi connectivity index (χ4v) is 4.43. The summed E-state index contributed by atoms with van der Waals surface area (Å²) < 4.78 is 0. The minimum absolute atomic E-state index is 0.0297. The summed E-state index contributed by atoms with van der Waals surface area (Å²) >= 11 is 1.69. The Hall–Kier alpha value is -2.05. The monoisotopic (exact) mass is 387 g/mol. The molecule has 0 saturated carbocycles. The summed E-state index contributed by atoms with van der Waals surface area (Å²) in [6, 6.07) is 11.5. The molecule has 1 saturated heterocycles. The molecular weight excluding hydrogens is 358 g/mol. The van der Waals surface area contributed by atoms with Crippen LogP contribution >= 0.6 is 11.3 Å². The van der Waals surface area contributed by atoms with Crippen LogP contribution in [0.1, 0.15) is 31.7 Å². The van der Waals surface area contributed by atoms with Crippen LogP contribution in [0, 0.1) is 5.41 Å². The van der Waals surface area contributed by atoms with Crippen molar-refractivity contribution in [3.63, 3.8) is 0 Å². The quantitative estimate of drug-likeness (QED) is 0.825. The van der Waals surface area contributed by atoms with E-state index in [1.807, 2.05) is 18.2 Å². The Morgan fingerprint density at radius 2 is 1.81 bits per heavy atom. The summed E-state index contributed by atoms with van der Waals surface area (Å²) in [6.45, 7) is 10.4. The van der Waals surface area contributed by atoms with Crippen LogP contribution in [0.15, 0.2) is 41.8 Å². The minimum Gasteiger partial charge on any atom is -0.508 e. The average molecular weight is 388 g/mol. The van der Waals surface area contributed by atoms with Crippen LogP contribution in [-0.2, 0) is 4.79 Å². The van der Waals surface area contributed by atoms with Gasteiger partial charge in [0.15, 0.2) is 0 Å². The molecule has 2 N–H and O–H groups in total. The van der Waals surface area contributed by atoms with E-state index < -0.39 is 0 Å². The lowest BCUT2D eigenvalue weighted by Crippen LogP contribution is -2.50. The molecule has 0 radical (unpaired) electrons. The number of carbonyl (C=O) groups is 1. The molecule has 1 aliphatic rings. The lowest BCUT2D eigenvalue weighted by Gasteiger charge is -2.36. The topological polar surface area (TPSA) is 55.8 Å². The Morgan fingerprint density at radius 3 is 2.37 bits per heavy atom. The van der Waals surface area contributed by atoms with Gasteiger partial charge in [-0.2, -0.15) is 0 Å². The predicted octanol–water partition coefficient (Wildman–Crippen LogP) is 3.48. The van der Waals surface area contributed by atoms with Crippen molar-refractivity contribution in [1.82, 2.24) is 10.2 Å². The lowest BCUT2D eigenvalue weighted by atomic mass is 9.85. The highest BCUT2D eigenvalue weighted by atomic mass is 32.1. The van der Waals surface area contributed by atoms with E-state index in [2.05, 4.69) is 47.3 Å². The maximum absolute atomic E-state index is 12.7. The van der Waals surface area contributed by atoms with Crippen molar-refractivity contribution in [3.05, 3.63) is 46.7 Å². The Balaban J connectivity index is 1.52. The van der Waals surface area contributed by atoms with E-state index in [4.69, 9.17) is 0 Å². The highest BCUT2D eigenvalue weighted by molar-refractivity contribution is 7.10. The smallest absolute Gasteiger partial charge is 0.234 e. The van der Waals surface area contributed by atoms with Gasteiger partial charge in [0.05, 0.1) is 12.6 Å². The Labute approximate surface area is 165 Å². The van der Waals surface area contributed by atoms with Gasteiger partial charge in [-0.15, -0.1) is 11.3 Å². The second kappa shape index (κ2) is 8.31. The summed E-state index contributed by atoms with van der Waals surface area (Å²) in [7, 11) is 0. The van der Waals surface area contributed by atoms with Crippen LogP contribution in [0.25, 0.3) is 0 Å². The molecule has 6 heteroatoms. The number of thiophene rings is 1. The zero-order valence-corrected chi connectivity index (χ0v) is 17.1. The number of aromatic hydroxyl groups is 1. The second-order valence-electron chi connectivity index (χ2n) is 8.16. The molecule has 5 nitrogen and oxygen atoms in total. The van der Waals surface area contributed by atoms with E-state index in [-0.39, 0.29) is 23.1 Å². The van der Waals surface area contributed by atoms with Gasteiger partial charge in [0.25, 0.3) is 0 Å². The molecular formula is C21H29N3O2S. The van der Waals surface area contributed by atoms with Gasteiger partial charge >= 0.3 is 0 Å². The van der Waals surface area contributed by atoms with Crippen molar-refractivity contribution in [1.29, 1.82) is 0 Å². The predicted molar refractivity (Wildman–Crippen MR) is 111 cm³/mol. The van der Waals surface area contributed by atoms with Crippen LogP contribution < -0.4 is 10.2 Å². The summed E-state index contributed by atoms with van der Waals surface area (Å²) in [5.74, 6) is 0.370. The number of phenols is 1. The lowest BCUT2D eigenvalue weighted by molar-refractivity contribution is -0.123. The van der Waals surface area contributed by atoms with Gasteiger partial charge in [-0.05, 0) is 41.1 Å². The first-order chi connectivity index (χ1) is 12.8. The Bertz CT molecular complexity index is 730. The van der Waals surface area contributed by atoms with Crippen molar-refractivity contribution < 1.29 is 9.90 Å². The number of piperazine rings is 1. The highest BCUT2D eigenvalue weighted by Crippen LogP contribution is 2.35. The summed E-state index contributed by atoms with van der Waals surface area (Å²) in [6.07, 6.45) is 0. The van der Waals surface area contributed by atoms with Crippen molar-refractivity contribution in [2.24, 2.45) is 5.41 Å². The van der Waals surface area contributed by atoms with Crippen LogP contribution in [0.2, 0.25) is 0 Å². The summed E-state index contributed by atoms with van der Waals surface area (Å²) in [5, 5.41) is 14.7. The molecule has 1 aromatic carbocycles. The zero-order chi connectivity index (χ0) is 19.4. The number of nitrogens with zero attached hydrogens (tertiary/aromatic N) is 2. The normalized spacial score (nSPS) is 16.9. The van der Waals surface area contributed by atoms with E-state index in [1.54, 1.807) is 23.5 Å². The van der Waals surface area contributed by atoms with Crippen molar-refractivity contribution in [3.8, 4) is 5.75 Å². The summed E-state index contributed by atoms with van der Waals surface area (Å²) in [5.41, 5.74) is 1.08. The standard InChI is InChI=1S/C21H29N3O2S/c1-21(2,3)20(18-5-4-14-27-18)22-19(26)15-23-10-12-24(13-11-23)16-6-8-17(25)9-7-16/h4-9,14,20,25H,10-13,15H2,1-3H3,(H,22,26). The fraction of sp³-hybridized carbons (Fsp3) is 0.476. The van der Waals surface area contributed by atoms with Gasteiger partial charge in [0.2, 0.25) is 5.91 Å². The molecule has 1 amide bonds. The Kier molecular flexibility index (Phi) is 6.07. The number of phenolic OH excluding ortho intramolecular Hbond substituents is 1. The maximum Gasteiger partial charge on any atom is 0.234 e. The molecule has 146 valence electrons. The number of anilines is 1. The van der Waals surface area contributed by atoms with E-state index in [9.17, 15) is 9.90 Å². The third-order valence-corrected chi connectivity index (χ3v) is 5.89. The van der Waals surface area contributed by atoms with E-state index in [0.29, 0.717) is 6.54 Å². The molecule has 0 aliphatic carbocycles. The maximum atomic E-state index is 12.7. The SMILES string of the molecule is CC(C)(C)C(NC(=O)CN1CCN(c2ccc(O)cc2)CC1)c1cccs1. The minimum atomic E-state index is -0.0297. The third kappa shape index (κ3) is 5.23. The molecule has 2 heterocycles. The number of rotatable bonds is 5. The first-order valence-electron chi connectivity index (χ1n) is 9.42. The molecule has 1 fully saturated rings. The zero-order valence-electron chi connectivity index (χ0n) is 16.3. The van der Waals surface area contributed by atoms with Gasteiger partial charge in [0, 0.05) is 36.7 Å². The van der Waals surface area contributed by atoms with Gasteiger partial charge < -0.3 is 15.3 Å². The first kappa shape index (κ1) is 19.7. The third-order valence-electron chi connectivity index (χ3n) is 4.95. The highest BCUT2D eigenvalue weighted by Gasteiger charge is 2.29. The largest absolute Gasteiger partial charge is 0.508 e. The number of hydrogen-bond acceptors (Lipinski definition) is 5. The van der Waals surface area contributed by atoms with Crippen LogP contribution in [-0.4, -0.2) is 48.6 Å². The fourth-order valence-electron chi connectivity index (χ4n) is 3.41. The van der Waals surface area contributed by atoms with Crippen molar-refractivity contribution in [2.45, 2.75) is 26.8 Å². The second-order valence-corrected chi connectivity index (χ2v) is 9.14.